The van der Waals surface area contributed by atoms with Gasteiger partial charge in [0.2, 0.25) is 11.9 Å². The molecule has 1 aromatic rings. The van der Waals surface area contributed by atoms with Crippen LogP contribution in [-0.2, 0) is 16.8 Å². The van der Waals surface area contributed by atoms with Crippen molar-refractivity contribution in [2.45, 2.75) is 44.9 Å². The lowest BCUT2D eigenvalue weighted by atomic mass is 10.1. The van der Waals surface area contributed by atoms with Crippen LogP contribution in [0.25, 0.3) is 0 Å². The third-order valence-electron chi connectivity index (χ3n) is 5.66. The quantitative estimate of drug-likeness (QED) is 0.631. The number of benzene rings is 1. The van der Waals surface area contributed by atoms with Gasteiger partial charge in [-0.3, -0.25) is 9.80 Å². The van der Waals surface area contributed by atoms with Gasteiger partial charge in [-0.2, -0.15) is 8.42 Å². The van der Waals surface area contributed by atoms with Crippen molar-refractivity contribution in [1.29, 1.82) is 0 Å². The van der Waals surface area contributed by atoms with Crippen LogP contribution in [0, 0.1) is 0 Å². The van der Waals surface area contributed by atoms with Gasteiger partial charge in [0.05, 0.1) is 18.3 Å². The van der Waals surface area contributed by atoms with Crippen molar-refractivity contribution in [3.05, 3.63) is 23.8 Å². The van der Waals surface area contributed by atoms with Gasteiger partial charge in [0, 0.05) is 13.6 Å². The van der Waals surface area contributed by atoms with Crippen LogP contribution in [0.2, 0.25) is 0 Å². The molecule has 2 atom stereocenters. The lowest BCUT2D eigenvalue weighted by molar-refractivity contribution is 0.171. The van der Waals surface area contributed by atoms with Gasteiger partial charge in [-0.25, -0.2) is 0 Å². The van der Waals surface area contributed by atoms with Crippen LogP contribution < -0.4 is 21.1 Å². The van der Waals surface area contributed by atoms with Crippen molar-refractivity contribution in [3.8, 4) is 5.75 Å². The fourth-order valence-electron chi connectivity index (χ4n) is 3.88. The first-order valence-corrected chi connectivity index (χ1v) is 11.7. The number of anilines is 1. The van der Waals surface area contributed by atoms with Gasteiger partial charge >= 0.3 is 10.2 Å². The summed E-state index contributed by atoms with van der Waals surface area (Å²) >= 11 is 0. The topological polar surface area (TPSA) is 125 Å². The summed E-state index contributed by atoms with van der Waals surface area (Å²) in [5, 5.41) is 6.50. The number of rotatable bonds is 4. The molecule has 0 bridgehead atoms. The SMILES string of the molecule is CC(NC1=NS(=O)(=O)N=C(N)N1C)C1CNc2ccc(CN3CCCCC3)cc2O1. The summed E-state index contributed by atoms with van der Waals surface area (Å²) in [5.74, 6) is 0.806. The number of nitrogens with two attached hydrogens (primary N) is 1. The minimum atomic E-state index is -3.97. The molecule has 3 aliphatic rings. The molecule has 0 saturated carbocycles. The zero-order chi connectivity index (χ0) is 21.3. The van der Waals surface area contributed by atoms with E-state index in [0.29, 0.717) is 6.54 Å². The highest BCUT2D eigenvalue weighted by atomic mass is 32.2. The number of hydrogen-bond donors (Lipinski definition) is 3. The van der Waals surface area contributed by atoms with E-state index in [-0.39, 0.29) is 24.1 Å². The molecule has 1 saturated heterocycles. The molecule has 4 rings (SSSR count). The highest BCUT2D eigenvalue weighted by Gasteiger charge is 2.29. The maximum atomic E-state index is 11.8. The van der Waals surface area contributed by atoms with Crippen molar-refractivity contribution >= 4 is 27.8 Å². The number of fused-ring (bicyclic) bond motifs is 1. The predicted octanol–water partition coefficient (Wildman–Crippen LogP) is 0.684. The van der Waals surface area contributed by atoms with E-state index in [1.54, 1.807) is 7.05 Å². The first-order valence-electron chi connectivity index (χ1n) is 10.3. The molecule has 10 nitrogen and oxygen atoms in total. The molecular formula is C19H29N7O3S. The highest BCUT2D eigenvalue weighted by Crippen LogP contribution is 2.31. The van der Waals surface area contributed by atoms with E-state index in [4.69, 9.17) is 10.5 Å². The molecule has 30 heavy (non-hydrogen) atoms. The Hall–Kier alpha value is -2.53. The van der Waals surface area contributed by atoms with Crippen LogP contribution in [0.3, 0.4) is 0 Å². The smallest absolute Gasteiger partial charge is 0.369 e. The Labute approximate surface area is 177 Å². The van der Waals surface area contributed by atoms with Crippen molar-refractivity contribution in [1.82, 2.24) is 15.1 Å². The van der Waals surface area contributed by atoms with Crippen LogP contribution >= 0.6 is 0 Å². The summed E-state index contributed by atoms with van der Waals surface area (Å²) in [6.07, 6.45) is 3.62. The Bertz CT molecular complexity index is 957. The monoisotopic (exact) mass is 435 g/mol. The zero-order valence-electron chi connectivity index (χ0n) is 17.3. The molecule has 164 valence electrons. The normalized spacial score (nSPS) is 24.6. The molecule has 0 spiro atoms. The van der Waals surface area contributed by atoms with Gasteiger partial charge in [-0.1, -0.05) is 12.5 Å². The minimum Gasteiger partial charge on any atom is -0.484 e. The molecule has 0 aliphatic carbocycles. The minimum absolute atomic E-state index is 0.128. The molecule has 1 aromatic carbocycles. The summed E-state index contributed by atoms with van der Waals surface area (Å²) in [7, 11) is -2.37. The van der Waals surface area contributed by atoms with E-state index < -0.39 is 10.2 Å². The molecule has 0 amide bonds. The Morgan fingerprint density at radius 2 is 2.07 bits per heavy atom. The summed E-state index contributed by atoms with van der Waals surface area (Å²) in [4.78, 5) is 3.88. The average molecular weight is 436 g/mol. The lowest BCUT2D eigenvalue weighted by Gasteiger charge is -2.34. The number of nitrogens with zero attached hydrogens (tertiary/aromatic N) is 4. The van der Waals surface area contributed by atoms with E-state index in [1.807, 2.05) is 6.92 Å². The maximum absolute atomic E-state index is 11.8. The summed E-state index contributed by atoms with van der Waals surface area (Å²) in [6.45, 7) is 5.71. The number of nitrogens with one attached hydrogen (secondary N) is 2. The van der Waals surface area contributed by atoms with Crippen LogP contribution in [-0.4, -0.2) is 69.0 Å². The van der Waals surface area contributed by atoms with E-state index >= 15 is 0 Å². The average Bonchev–Trinajstić information content (AvgIpc) is 2.71. The van der Waals surface area contributed by atoms with Gasteiger partial charge in [-0.05, 0) is 50.6 Å². The fraction of sp³-hybridized carbons (Fsp3) is 0.579. The molecule has 11 heteroatoms. The van der Waals surface area contributed by atoms with Crippen molar-refractivity contribution in [3.63, 3.8) is 0 Å². The second-order valence-electron chi connectivity index (χ2n) is 8.01. The summed E-state index contributed by atoms with van der Waals surface area (Å²) in [6, 6.07) is 6.07. The van der Waals surface area contributed by atoms with Crippen molar-refractivity contribution in [2.24, 2.45) is 14.5 Å². The van der Waals surface area contributed by atoms with E-state index in [1.165, 1.54) is 29.7 Å². The second-order valence-corrected chi connectivity index (χ2v) is 9.27. The third-order valence-corrected chi connectivity index (χ3v) is 6.48. The summed E-state index contributed by atoms with van der Waals surface area (Å²) in [5.41, 5.74) is 7.88. The first kappa shape index (κ1) is 20.7. The second kappa shape index (κ2) is 8.31. The number of hydrogen-bond acceptors (Lipinski definition) is 8. The number of likely N-dealkylation sites (tertiary alicyclic amines) is 1. The third kappa shape index (κ3) is 4.62. The van der Waals surface area contributed by atoms with Gasteiger partial charge in [0.15, 0.2) is 0 Å². The molecule has 3 heterocycles. The number of piperidine rings is 1. The number of ether oxygens (including phenoxy) is 1. The van der Waals surface area contributed by atoms with Gasteiger partial charge in [0.1, 0.15) is 11.9 Å². The Morgan fingerprint density at radius 3 is 2.83 bits per heavy atom. The molecule has 2 unspecified atom stereocenters. The predicted molar refractivity (Wildman–Crippen MR) is 117 cm³/mol. The van der Waals surface area contributed by atoms with Crippen LogP contribution in [0.5, 0.6) is 5.75 Å². The van der Waals surface area contributed by atoms with Gasteiger partial charge in [-0.15, -0.1) is 8.80 Å². The standard InChI is InChI=1S/C19H29N7O3S/c1-13(22-19-24-30(27,28)23-18(20)25(19)2)17-11-21-15-7-6-14(10-16(15)29-17)12-26-8-4-3-5-9-26/h6-7,10,13,17,21H,3-5,8-9,11-12H2,1-2H3,(H2,20,23)(H,22,24). The van der Waals surface area contributed by atoms with Crippen LogP contribution in [0.1, 0.15) is 31.7 Å². The largest absolute Gasteiger partial charge is 0.484 e. The molecular weight excluding hydrogens is 406 g/mol. The summed E-state index contributed by atoms with van der Waals surface area (Å²) < 4.78 is 36.8. The van der Waals surface area contributed by atoms with Crippen LogP contribution in [0.15, 0.2) is 27.0 Å². The van der Waals surface area contributed by atoms with Crippen molar-refractivity contribution < 1.29 is 13.2 Å². The molecule has 0 radical (unpaired) electrons. The van der Waals surface area contributed by atoms with E-state index in [0.717, 1.165) is 31.1 Å². The molecule has 1 fully saturated rings. The Kier molecular flexibility index (Phi) is 5.74. The lowest BCUT2D eigenvalue weighted by Crippen LogP contribution is -2.55. The Morgan fingerprint density at radius 1 is 1.30 bits per heavy atom. The molecule has 4 N–H and O–H groups in total. The number of guanidine groups is 2. The van der Waals surface area contributed by atoms with E-state index in [2.05, 4.69) is 42.5 Å². The Balaban J connectivity index is 1.43. The van der Waals surface area contributed by atoms with Crippen molar-refractivity contribution in [2.75, 3.05) is 32.0 Å². The van der Waals surface area contributed by atoms with Gasteiger partial charge in [0.25, 0.3) is 0 Å². The maximum Gasteiger partial charge on any atom is 0.369 e. The molecule has 3 aliphatic heterocycles. The van der Waals surface area contributed by atoms with E-state index in [9.17, 15) is 8.42 Å². The van der Waals surface area contributed by atoms with Crippen LogP contribution in [0.4, 0.5) is 5.69 Å². The zero-order valence-corrected chi connectivity index (χ0v) is 18.2. The highest BCUT2D eigenvalue weighted by molar-refractivity contribution is 7.89. The first-order chi connectivity index (χ1) is 14.3. The van der Waals surface area contributed by atoms with Gasteiger partial charge < -0.3 is 21.1 Å². The fourth-order valence-corrected chi connectivity index (χ4v) is 4.67. The molecule has 0 aromatic heterocycles.